The predicted molar refractivity (Wildman–Crippen MR) is 131 cm³/mol. The van der Waals surface area contributed by atoms with Crippen molar-refractivity contribution in [2.75, 3.05) is 19.5 Å². The van der Waals surface area contributed by atoms with Gasteiger partial charge in [-0.1, -0.05) is 26.0 Å². The van der Waals surface area contributed by atoms with E-state index in [2.05, 4.69) is 15.6 Å². The zero-order valence-corrected chi connectivity index (χ0v) is 20.1. The average Bonchev–Trinajstić information content (AvgIpc) is 3.25. The van der Waals surface area contributed by atoms with Gasteiger partial charge < -0.3 is 20.1 Å². The second-order valence-corrected chi connectivity index (χ2v) is 8.87. The van der Waals surface area contributed by atoms with Gasteiger partial charge in [-0.3, -0.25) is 9.59 Å². The van der Waals surface area contributed by atoms with E-state index in [0.29, 0.717) is 36.1 Å². The number of methoxy groups -OCH3 is 2. The maximum atomic E-state index is 12.4. The van der Waals surface area contributed by atoms with Crippen molar-refractivity contribution in [3.8, 4) is 22.1 Å². The van der Waals surface area contributed by atoms with Crippen LogP contribution in [0.4, 0.5) is 5.69 Å². The number of hydrogen-bond acceptors (Lipinski definition) is 6. The molecule has 8 heteroatoms. The molecule has 0 radical (unpaired) electrons. The largest absolute Gasteiger partial charge is 0.493 e. The fraction of sp³-hybridized carbons (Fsp3) is 0.320. The van der Waals surface area contributed by atoms with Crippen LogP contribution in [0.25, 0.3) is 10.6 Å². The molecule has 7 nitrogen and oxygen atoms in total. The minimum atomic E-state index is -0.117. The summed E-state index contributed by atoms with van der Waals surface area (Å²) in [5.74, 6) is 1.45. The molecule has 3 aromatic rings. The van der Waals surface area contributed by atoms with Gasteiger partial charge in [-0.15, -0.1) is 11.3 Å². The van der Waals surface area contributed by atoms with Crippen molar-refractivity contribution in [1.29, 1.82) is 0 Å². The molecule has 0 saturated heterocycles. The van der Waals surface area contributed by atoms with Crippen LogP contribution in [-0.4, -0.2) is 31.0 Å². The number of benzene rings is 2. The van der Waals surface area contributed by atoms with E-state index in [-0.39, 0.29) is 18.2 Å². The lowest BCUT2D eigenvalue weighted by Gasteiger charge is -2.09. The molecule has 0 spiro atoms. The fourth-order valence-electron chi connectivity index (χ4n) is 3.26. The molecule has 1 heterocycles. The number of rotatable bonds is 10. The van der Waals surface area contributed by atoms with Crippen LogP contribution in [0.2, 0.25) is 0 Å². The lowest BCUT2D eigenvalue weighted by molar-refractivity contribution is -0.120. The number of anilines is 1. The Balaban J connectivity index is 1.55. The summed E-state index contributed by atoms with van der Waals surface area (Å²) < 4.78 is 10.6. The first-order valence-electron chi connectivity index (χ1n) is 10.7. The van der Waals surface area contributed by atoms with Crippen LogP contribution in [0.1, 0.15) is 31.5 Å². The third kappa shape index (κ3) is 7.05. The quantitative estimate of drug-likeness (QED) is 0.452. The molecule has 3 rings (SSSR count). The monoisotopic (exact) mass is 467 g/mol. The number of thiazole rings is 1. The number of ether oxygens (including phenoxy) is 2. The van der Waals surface area contributed by atoms with Crippen LogP contribution >= 0.6 is 11.3 Å². The molecule has 0 saturated carbocycles. The third-order valence-electron chi connectivity index (χ3n) is 4.82. The van der Waals surface area contributed by atoms with E-state index >= 15 is 0 Å². The topological polar surface area (TPSA) is 89.5 Å². The molecule has 0 atom stereocenters. The number of nitrogens with one attached hydrogen (secondary N) is 2. The number of aromatic nitrogens is 1. The van der Waals surface area contributed by atoms with E-state index in [1.165, 1.54) is 11.3 Å². The van der Waals surface area contributed by atoms with Crippen molar-refractivity contribution in [3.05, 3.63) is 59.1 Å². The Morgan fingerprint density at radius 1 is 1.03 bits per heavy atom. The van der Waals surface area contributed by atoms with Gasteiger partial charge in [0.2, 0.25) is 11.8 Å². The standard InChI is InChI=1S/C25H29N3O4S/c1-16(2)10-24(30)27-19-7-5-6-17(11-19)14-26-23(29)13-20-15-33-25(28-20)18-8-9-21(31-3)22(12-18)32-4/h5-9,11-12,15-16H,10,13-14H2,1-4H3,(H,26,29)(H,27,30). The second-order valence-electron chi connectivity index (χ2n) is 8.01. The first-order valence-corrected chi connectivity index (χ1v) is 11.6. The lowest BCUT2D eigenvalue weighted by atomic mass is 10.1. The highest BCUT2D eigenvalue weighted by molar-refractivity contribution is 7.13. The van der Waals surface area contributed by atoms with Gasteiger partial charge in [-0.2, -0.15) is 0 Å². The minimum Gasteiger partial charge on any atom is -0.493 e. The molecule has 0 bridgehead atoms. The van der Waals surface area contributed by atoms with Crippen molar-refractivity contribution in [1.82, 2.24) is 10.3 Å². The van der Waals surface area contributed by atoms with Gasteiger partial charge >= 0.3 is 0 Å². The van der Waals surface area contributed by atoms with Gasteiger partial charge in [0.05, 0.1) is 26.3 Å². The Hall–Kier alpha value is -3.39. The highest BCUT2D eigenvalue weighted by Crippen LogP contribution is 2.33. The van der Waals surface area contributed by atoms with Crippen LogP contribution in [-0.2, 0) is 22.6 Å². The summed E-state index contributed by atoms with van der Waals surface area (Å²) in [5, 5.41) is 8.51. The molecular formula is C25H29N3O4S. The molecule has 1 aromatic heterocycles. The first-order chi connectivity index (χ1) is 15.9. The Kier molecular flexibility index (Phi) is 8.43. The fourth-order valence-corrected chi connectivity index (χ4v) is 4.08. The molecule has 2 amide bonds. The molecule has 0 aliphatic rings. The van der Waals surface area contributed by atoms with Gasteiger partial charge in [0.25, 0.3) is 0 Å². The van der Waals surface area contributed by atoms with E-state index in [9.17, 15) is 9.59 Å². The molecule has 0 fully saturated rings. The second kappa shape index (κ2) is 11.5. The highest BCUT2D eigenvalue weighted by atomic mass is 32.1. The number of carbonyl (C=O) groups is 2. The van der Waals surface area contributed by atoms with Gasteiger partial charge in [0, 0.05) is 29.6 Å². The molecule has 0 aliphatic heterocycles. The number of nitrogens with zero attached hydrogens (tertiary/aromatic N) is 1. The van der Waals surface area contributed by atoms with Crippen LogP contribution in [0, 0.1) is 5.92 Å². The van der Waals surface area contributed by atoms with Gasteiger partial charge in [0.15, 0.2) is 11.5 Å². The van der Waals surface area contributed by atoms with Crippen molar-refractivity contribution < 1.29 is 19.1 Å². The van der Waals surface area contributed by atoms with Crippen LogP contribution in [0.15, 0.2) is 47.8 Å². The van der Waals surface area contributed by atoms with Crippen molar-refractivity contribution in [2.45, 2.75) is 33.2 Å². The van der Waals surface area contributed by atoms with Gasteiger partial charge in [-0.25, -0.2) is 4.98 Å². The molecule has 0 unspecified atom stereocenters. The summed E-state index contributed by atoms with van der Waals surface area (Å²) in [4.78, 5) is 29.0. The van der Waals surface area contributed by atoms with E-state index in [4.69, 9.17) is 9.47 Å². The average molecular weight is 468 g/mol. The van der Waals surface area contributed by atoms with Crippen molar-refractivity contribution >= 4 is 28.8 Å². The maximum absolute atomic E-state index is 12.4. The summed E-state index contributed by atoms with van der Waals surface area (Å²) >= 11 is 1.48. The smallest absolute Gasteiger partial charge is 0.226 e. The lowest BCUT2D eigenvalue weighted by Crippen LogP contribution is -2.24. The summed E-state index contributed by atoms with van der Waals surface area (Å²) in [6.45, 7) is 4.38. The molecule has 33 heavy (non-hydrogen) atoms. The zero-order chi connectivity index (χ0) is 23.8. The van der Waals surface area contributed by atoms with Crippen LogP contribution < -0.4 is 20.1 Å². The SMILES string of the molecule is COc1ccc(-c2nc(CC(=O)NCc3cccc(NC(=O)CC(C)C)c3)cs2)cc1OC. The highest BCUT2D eigenvalue weighted by Gasteiger charge is 2.12. The van der Waals surface area contributed by atoms with Crippen molar-refractivity contribution in [2.24, 2.45) is 5.92 Å². The number of hydrogen-bond donors (Lipinski definition) is 2. The van der Waals surface area contributed by atoms with E-state index in [0.717, 1.165) is 21.8 Å². The normalized spacial score (nSPS) is 10.7. The number of amides is 2. The summed E-state index contributed by atoms with van der Waals surface area (Å²) in [6, 6.07) is 13.1. The molecule has 2 N–H and O–H groups in total. The first kappa shape index (κ1) is 24.3. The van der Waals surface area contributed by atoms with Crippen molar-refractivity contribution in [3.63, 3.8) is 0 Å². The van der Waals surface area contributed by atoms with Gasteiger partial charge in [0.1, 0.15) is 5.01 Å². The molecule has 174 valence electrons. The van der Waals surface area contributed by atoms with Gasteiger partial charge in [-0.05, 0) is 41.8 Å². The Bertz CT molecular complexity index is 1110. The summed E-state index contributed by atoms with van der Waals surface area (Å²) in [6.07, 6.45) is 0.661. The Morgan fingerprint density at radius 2 is 1.82 bits per heavy atom. The van der Waals surface area contributed by atoms with E-state index in [1.807, 2.05) is 61.7 Å². The van der Waals surface area contributed by atoms with Crippen LogP contribution in [0.3, 0.4) is 0 Å². The van der Waals surface area contributed by atoms with E-state index in [1.54, 1.807) is 14.2 Å². The molecule has 0 aliphatic carbocycles. The maximum Gasteiger partial charge on any atom is 0.226 e. The minimum absolute atomic E-state index is 0.0139. The summed E-state index contributed by atoms with van der Waals surface area (Å²) in [7, 11) is 3.19. The summed E-state index contributed by atoms with van der Waals surface area (Å²) in [5.41, 5.74) is 3.25. The van der Waals surface area contributed by atoms with E-state index < -0.39 is 0 Å². The zero-order valence-electron chi connectivity index (χ0n) is 19.3. The number of carbonyl (C=O) groups excluding carboxylic acids is 2. The Morgan fingerprint density at radius 3 is 2.55 bits per heavy atom. The molecular weight excluding hydrogens is 438 g/mol. The predicted octanol–water partition coefficient (Wildman–Crippen LogP) is 4.67. The third-order valence-corrected chi connectivity index (χ3v) is 5.76. The molecule has 2 aromatic carbocycles. The van der Waals surface area contributed by atoms with Crippen LogP contribution in [0.5, 0.6) is 11.5 Å². The Labute approximate surface area is 198 Å².